The van der Waals surface area contributed by atoms with E-state index in [1.807, 2.05) is 60.7 Å². The minimum atomic E-state index is -4.17. The number of halogens is 3. The van der Waals surface area contributed by atoms with Crippen LogP contribution in [0.25, 0.3) is 17.3 Å². The summed E-state index contributed by atoms with van der Waals surface area (Å²) in [5.41, 5.74) is 3.55. The Bertz CT molecular complexity index is 3060. The normalized spacial score (nSPS) is 17.3. The van der Waals surface area contributed by atoms with Crippen molar-refractivity contribution in [1.82, 2.24) is 35.7 Å². The first-order chi connectivity index (χ1) is 45.9. The van der Waals surface area contributed by atoms with Gasteiger partial charge in [-0.3, -0.25) is 38.9 Å². The number of likely N-dealkylation sites (tertiary alicyclic amines) is 1. The highest BCUT2D eigenvalue weighted by Gasteiger charge is 2.43. The second-order valence-corrected chi connectivity index (χ2v) is 24.2. The second-order valence-electron chi connectivity index (χ2n) is 23.2. The van der Waals surface area contributed by atoms with Gasteiger partial charge in [-0.1, -0.05) is 97.3 Å². The van der Waals surface area contributed by atoms with E-state index >= 15 is 0 Å². The number of pyridine rings is 1. The predicted octanol–water partition coefficient (Wildman–Crippen LogP) is 7.57. The molecule has 3 heterocycles. The highest BCUT2D eigenvalue weighted by Crippen LogP contribution is 2.41. The standard InChI is InChI=1S/C66H90F3N9O13S.CH2O2/c1-45(70-2)60(81)74-59(50-17-9-6-10-18-50)64(84)78-26-12-19-54(78)62(83)76-63-58(49-15-7-5-8-16-49)75-65(92-63)73-56(79)44-91-38-37-90-36-35-89-34-33-88-32-31-87-30-29-86-28-27-77(3)57(80)40-47-13-11-14-48(39-47)42-72-61(82)53-41-51(55(85-4)43-71-53)23-20-46-21-24-52(25-22-46)66(67,68)69;2-1-3/h5,7-8,11,13-16,20,23,39,41,43,45-46,50,52,54,59,70H,6,9-10,12,17-19,21-22,24-38,40,42,44H2,1-4H3,(H,72,82)(H,74,81)(H,76,83)(H,73,75,79);1H,(H,2,3)/b23-20+;/t45-,46-,52-,54-,59-;/m0./s1. The van der Waals surface area contributed by atoms with Crippen molar-refractivity contribution in [3.63, 3.8) is 0 Å². The number of amides is 6. The van der Waals surface area contributed by atoms with Crippen LogP contribution in [0.3, 0.4) is 0 Å². The van der Waals surface area contributed by atoms with Crippen molar-refractivity contribution in [1.29, 1.82) is 0 Å². The lowest BCUT2D eigenvalue weighted by Crippen LogP contribution is -2.57. The molecule has 0 spiro atoms. The Morgan fingerprint density at radius 1 is 0.779 bits per heavy atom. The van der Waals surface area contributed by atoms with Gasteiger partial charge in [0.05, 0.1) is 104 Å². The van der Waals surface area contributed by atoms with Gasteiger partial charge in [0, 0.05) is 37.8 Å². The van der Waals surface area contributed by atoms with E-state index in [-0.39, 0.29) is 98.4 Å². The Morgan fingerprint density at radius 2 is 1.40 bits per heavy atom. The number of hydrogen-bond acceptors (Lipinski definition) is 18. The number of ether oxygens (including phenoxy) is 7. The number of nitrogens with one attached hydrogen (secondary N) is 5. The third kappa shape index (κ3) is 26.2. The summed E-state index contributed by atoms with van der Waals surface area (Å²) in [6.07, 6.45) is 8.00. The number of benzene rings is 2. The summed E-state index contributed by atoms with van der Waals surface area (Å²) >= 11 is 1.11. The van der Waals surface area contributed by atoms with Crippen molar-refractivity contribution in [3.05, 3.63) is 95.3 Å². The van der Waals surface area contributed by atoms with E-state index in [0.29, 0.717) is 120 Å². The third-order valence-corrected chi connectivity index (χ3v) is 17.4. The number of carbonyl (C=O) groups is 7. The molecular formula is C67H92F3N9O15S. The lowest BCUT2D eigenvalue weighted by Gasteiger charge is -2.35. The number of allylic oxidation sites excluding steroid dienone is 1. The fourth-order valence-electron chi connectivity index (χ4n) is 11.1. The van der Waals surface area contributed by atoms with Crippen LogP contribution in [0.4, 0.5) is 23.3 Å². The maximum absolute atomic E-state index is 14.3. The number of carbonyl (C=O) groups excluding carboxylic acids is 6. The average Bonchev–Trinajstić information content (AvgIpc) is 1.85. The number of aromatic nitrogens is 2. The van der Waals surface area contributed by atoms with E-state index in [0.717, 1.165) is 60.1 Å². The Hall–Kier alpha value is -7.44. The minimum Gasteiger partial charge on any atom is -0.495 e. The molecule has 522 valence electrons. The van der Waals surface area contributed by atoms with Crippen molar-refractivity contribution >= 4 is 69.5 Å². The van der Waals surface area contributed by atoms with Gasteiger partial charge >= 0.3 is 6.18 Å². The smallest absolute Gasteiger partial charge is 0.391 e. The van der Waals surface area contributed by atoms with Crippen molar-refractivity contribution in [2.24, 2.45) is 17.8 Å². The van der Waals surface area contributed by atoms with E-state index in [1.54, 1.807) is 43.0 Å². The number of thiazole rings is 1. The summed E-state index contributed by atoms with van der Waals surface area (Å²) in [7, 11) is 4.89. The molecule has 95 heavy (non-hydrogen) atoms. The molecule has 3 atom stereocenters. The summed E-state index contributed by atoms with van der Waals surface area (Å²) in [5.74, 6) is -2.63. The second kappa shape index (κ2) is 41.5. The first-order valence-electron chi connectivity index (χ1n) is 32.3. The molecule has 24 nitrogen and oxygen atoms in total. The van der Waals surface area contributed by atoms with E-state index in [9.17, 15) is 41.9 Å². The van der Waals surface area contributed by atoms with Gasteiger partial charge in [-0.2, -0.15) is 13.2 Å². The third-order valence-electron chi connectivity index (χ3n) is 16.5. The van der Waals surface area contributed by atoms with Crippen LogP contribution in [0.5, 0.6) is 5.75 Å². The Kier molecular flexibility index (Phi) is 33.5. The molecule has 2 aromatic carbocycles. The lowest BCUT2D eigenvalue weighted by atomic mass is 9.81. The van der Waals surface area contributed by atoms with E-state index in [4.69, 9.17) is 43.1 Å². The fourth-order valence-corrected chi connectivity index (χ4v) is 12.0. The molecule has 6 amide bonds. The molecule has 28 heteroatoms. The number of alkyl halides is 3. The summed E-state index contributed by atoms with van der Waals surface area (Å²) in [6, 6.07) is 16.3. The molecule has 3 fully saturated rings. The highest BCUT2D eigenvalue weighted by molar-refractivity contribution is 7.20. The molecule has 1 aliphatic heterocycles. The van der Waals surface area contributed by atoms with Crippen LogP contribution < -0.4 is 31.3 Å². The lowest BCUT2D eigenvalue weighted by molar-refractivity contribution is -0.183. The number of hydrogen-bond donors (Lipinski definition) is 6. The zero-order chi connectivity index (χ0) is 68.4. The highest BCUT2D eigenvalue weighted by atomic mass is 32.1. The van der Waals surface area contributed by atoms with Gasteiger partial charge in [0.1, 0.15) is 40.8 Å². The van der Waals surface area contributed by atoms with Crippen LogP contribution in [0.1, 0.15) is 105 Å². The van der Waals surface area contributed by atoms with Gasteiger partial charge in [0.25, 0.3) is 18.3 Å². The molecule has 4 aromatic rings. The van der Waals surface area contributed by atoms with Gasteiger partial charge in [-0.05, 0) is 94.4 Å². The van der Waals surface area contributed by atoms with E-state index in [1.165, 1.54) is 13.3 Å². The van der Waals surface area contributed by atoms with Gasteiger partial charge in [0.2, 0.25) is 23.6 Å². The minimum absolute atomic E-state index is 0.000236. The topological polar surface area (TPSA) is 297 Å². The van der Waals surface area contributed by atoms with Gasteiger partial charge < -0.3 is 69.3 Å². The molecule has 0 bridgehead atoms. The molecule has 0 unspecified atom stereocenters. The Morgan fingerprint density at radius 3 is 2.02 bits per heavy atom. The SMILES string of the molecule is CN[C@@H](C)C(=O)N[C@H](C(=O)N1CCC[C@H]1C(=O)Nc1sc(NC(=O)COCCOCCOCCOCCOCCOCCN(C)C(=O)Cc2cccc(CNC(=O)c3cc(/C=C/[C@H]4CC[C@H](C(F)(F)F)CC4)c(OC)cn3)c2)nc1-c1ccccc1)C1CCCCC1.O=CO. The average molecular weight is 1350 g/mol. The van der Waals surface area contributed by atoms with Gasteiger partial charge in [-0.15, -0.1) is 0 Å². The Labute approximate surface area is 557 Å². The molecule has 2 saturated carbocycles. The number of carboxylic acid groups (broad SMARTS) is 1. The quantitative estimate of drug-likeness (QED) is 0.0187. The molecule has 7 rings (SSSR count). The molecule has 6 N–H and O–H groups in total. The zero-order valence-electron chi connectivity index (χ0n) is 54.6. The number of likely N-dealkylation sites (N-methyl/N-ethyl adjacent to an activating group) is 2. The summed E-state index contributed by atoms with van der Waals surface area (Å²) in [4.78, 5) is 101. The molecule has 3 aliphatic rings. The van der Waals surface area contributed by atoms with Gasteiger partial charge in [-0.25, -0.2) is 9.97 Å². The summed E-state index contributed by atoms with van der Waals surface area (Å²) < 4.78 is 78.4. The summed E-state index contributed by atoms with van der Waals surface area (Å²) in [6.45, 7) is 5.78. The van der Waals surface area contributed by atoms with E-state index in [2.05, 4.69) is 36.6 Å². The zero-order valence-corrected chi connectivity index (χ0v) is 55.4. The predicted molar refractivity (Wildman–Crippen MR) is 350 cm³/mol. The molecule has 2 aliphatic carbocycles. The van der Waals surface area contributed by atoms with Crippen molar-refractivity contribution < 1.29 is 85.0 Å². The van der Waals surface area contributed by atoms with Crippen LogP contribution in [0, 0.1) is 17.8 Å². The van der Waals surface area contributed by atoms with Crippen molar-refractivity contribution in [2.75, 3.05) is 124 Å². The molecule has 2 aromatic heterocycles. The van der Waals surface area contributed by atoms with Crippen LogP contribution in [-0.4, -0.2) is 205 Å². The van der Waals surface area contributed by atoms with Crippen LogP contribution >= 0.6 is 11.3 Å². The van der Waals surface area contributed by atoms with Crippen molar-refractivity contribution in [2.45, 2.75) is 115 Å². The van der Waals surface area contributed by atoms with Gasteiger partial charge in [0.15, 0.2) is 5.13 Å². The van der Waals surface area contributed by atoms with Crippen LogP contribution in [0.2, 0.25) is 0 Å². The fraction of sp³-hybridized carbons (Fsp3) is 0.567. The monoisotopic (exact) mass is 1350 g/mol. The first-order valence-corrected chi connectivity index (χ1v) is 33.1. The molecule has 0 radical (unpaired) electrons. The van der Waals surface area contributed by atoms with Crippen LogP contribution in [0.15, 0.2) is 72.9 Å². The maximum Gasteiger partial charge on any atom is 0.391 e. The number of nitrogens with zero attached hydrogens (tertiary/aromatic N) is 4. The molecular weight excluding hydrogens is 1260 g/mol. The van der Waals surface area contributed by atoms with Crippen molar-refractivity contribution in [3.8, 4) is 17.0 Å². The van der Waals surface area contributed by atoms with E-state index < -0.39 is 42.0 Å². The Balaban J connectivity index is 0.00000467. The molecule has 1 saturated heterocycles. The summed E-state index contributed by atoms with van der Waals surface area (Å²) in [5, 5.41) is 22.2. The number of methoxy groups -OCH3 is 1. The van der Waals surface area contributed by atoms with Crippen LogP contribution in [-0.2, 0) is 70.2 Å². The largest absolute Gasteiger partial charge is 0.495 e. The maximum atomic E-state index is 14.3. The first kappa shape index (κ1) is 76.6. The number of anilines is 2. The number of rotatable bonds is 37.